The largest absolute Gasteiger partial charge is 0.395 e. The van der Waals surface area contributed by atoms with Crippen molar-refractivity contribution in [1.82, 2.24) is 0 Å². The standard InChI is InChI=1S/C16H18O/c1-11-3-4-14-8-15(6-5-13(14)7-11)16(10-17)9-12(16)2/h3-8,12,17H,9-10H2,1-2H3. The van der Waals surface area contributed by atoms with Crippen LogP contribution in [0.15, 0.2) is 36.4 Å². The van der Waals surface area contributed by atoms with Crippen LogP contribution in [0, 0.1) is 12.8 Å². The first-order chi connectivity index (χ1) is 8.15. The van der Waals surface area contributed by atoms with E-state index in [9.17, 15) is 5.11 Å². The molecule has 2 aromatic carbocycles. The molecule has 1 N–H and O–H groups in total. The molecule has 0 aromatic heterocycles. The summed E-state index contributed by atoms with van der Waals surface area (Å²) in [7, 11) is 0. The van der Waals surface area contributed by atoms with Crippen molar-refractivity contribution < 1.29 is 5.11 Å². The van der Waals surface area contributed by atoms with Crippen LogP contribution in [-0.4, -0.2) is 11.7 Å². The van der Waals surface area contributed by atoms with Crippen molar-refractivity contribution in [2.24, 2.45) is 5.92 Å². The number of hydrogen-bond acceptors (Lipinski definition) is 1. The summed E-state index contributed by atoms with van der Waals surface area (Å²) in [5, 5.41) is 12.2. The number of benzene rings is 2. The lowest BCUT2D eigenvalue weighted by atomic mass is 9.92. The summed E-state index contributed by atoms with van der Waals surface area (Å²) >= 11 is 0. The fraction of sp³-hybridized carbons (Fsp3) is 0.375. The quantitative estimate of drug-likeness (QED) is 0.832. The van der Waals surface area contributed by atoms with E-state index in [1.54, 1.807) is 0 Å². The minimum Gasteiger partial charge on any atom is -0.395 e. The van der Waals surface area contributed by atoms with Gasteiger partial charge in [-0.2, -0.15) is 0 Å². The molecule has 2 aromatic rings. The minimum atomic E-state index is 0.0408. The molecule has 0 radical (unpaired) electrons. The summed E-state index contributed by atoms with van der Waals surface area (Å²) in [6, 6.07) is 13.1. The van der Waals surface area contributed by atoms with Crippen LogP contribution in [0.3, 0.4) is 0 Å². The molecule has 0 spiro atoms. The van der Waals surface area contributed by atoms with Gasteiger partial charge in [0.15, 0.2) is 0 Å². The van der Waals surface area contributed by atoms with E-state index in [4.69, 9.17) is 0 Å². The topological polar surface area (TPSA) is 20.2 Å². The van der Waals surface area contributed by atoms with Crippen LogP contribution in [0.25, 0.3) is 10.8 Å². The maximum absolute atomic E-state index is 9.60. The van der Waals surface area contributed by atoms with Gasteiger partial charge in [-0.15, -0.1) is 0 Å². The SMILES string of the molecule is Cc1ccc2cc(C3(CO)CC3C)ccc2c1. The van der Waals surface area contributed by atoms with Gasteiger partial charge in [0.2, 0.25) is 0 Å². The smallest absolute Gasteiger partial charge is 0.0530 e. The molecule has 0 saturated heterocycles. The van der Waals surface area contributed by atoms with Crippen molar-refractivity contribution in [3.8, 4) is 0 Å². The van der Waals surface area contributed by atoms with Crippen LogP contribution in [0.2, 0.25) is 0 Å². The van der Waals surface area contributed by atoms with Gasteiger partial charge in [0.25, 0.3) is 0 Å². The highest BCUT2D eigenvalue weighted by molar-refractivity contribution is 5.84. The van der Waals surface area contributed by atoms with E-state index in [0.29, 0.717) is 5.92 Å². The average Bonchev–Trinajstić information content (AvgIpc) is 3.01. The Hall–Kier alpha value is -1.34. The van der Waals surface area contributed by atoms with E-state index in [1.807, 2.05) is 0 Å². The lowest BCUT2D eigenvalue weighted by molar-refractivity contribution is 0.247. The molecule has 2 unspecified atom stereocenters. The summed E-state index contributed by atoms with van der Waals surface area (Å²) in [5.74, 6) is 0.607. The van der Waals surface area contributed by atoms with E-state index in [1.165, 1.54) is 21.9 Å². The van der Waals surface area contributed by atoms with Crippen molar-refractivity contribution >= 4 is 10.8 Å². The third-order valence-corrected chi connectivity index (χ3v) is 4.31. The highest BCUT2D eigenvalue weighted by Crippen LogP contribution is 2.53. The molecule has 2 atom stereocenters. The highest BCUT2D eigenvalue weighted by Gasteiger charge is 2.51. The molecule has 88 valence electrons. The second kappa shape index (κ2) is 3.58. The Balaban J connectivity index is 2.11. The summed E-state index contributed by atoms with van der Waals surface area (Å²) < 4.78 is 0. The molecular formula is C16H18O. The van der Waals surface area contributed by atoms with Crippen molar-refractivity contribution in [3.63, 3.8) is 0 Å². The van der Waals surface area contributed by atoms with Gasteiger partial charge in [0, 0.05) is 5.41 Å². The molecule has 0 heterocycles. The molecule has 17 heavy (non-hydrogen) atoms. The first-order valence-corrected chi connectivity index (χ1v) is 6.27. The van der Waals surface area contributed by atoms with Crippen molar-refractivity contribution in [2.45, 2.75) is 25.7 Å². The summed E-state index contributed by atoms with van der Waals surface area (Å²) in [6.45, 7) is 4.60. The van der Waals surface area contributed by atoms with Crippen LogP contribution in [0.4, 0.5) is 0 Å². The summed E-state index contributed by atoms with van der Waals surface area (Å²) in [4.78, 5) is 0. The van der Waals surface area contributed by atoms with Gasteiger partial charge in [-0.3, -0.25) is 0 Å². The first kappa shape index (κ1) is 10.8. The van der Waals surface area contributed by atoms with Crippen LogP contribution >= 0.6 is 0 Å². The molecular weight excluding hydrogens is 208 g/mol. The predicted octanol–water partition coefficient (Wildman–Crippen LogP) is 3.42. The molecule has 1 saturated carbocycles. The Morgan fingerprint density at radius 3 is 2.47 bits per heavy atom. The lowest BCUT2D eigenvalue weighted by Crippen LogP contribution is -2.14. The van der Waals surface area contributed by atoms with Crippen LogP contribution in [0.5, 0.6) is 0 Å². The van der Waals surface area contributed by atoms with Crippen LogP contribution in [0.1, 0.15) is 24.5 Å². The maximum Gasteiger partial charge on any atom is 0.0530 e. The third-order valence-electron chi connectivity index (χ3n) is 4.31. The van der Waals surface area contributed by atoms with E-state index in [0.717, 1.165) is 6.42 Å². The molecule has 1 aliphatic rings. The van der Waals surface area contributed by atoms with Gasteiger partial charge in [-0.1, -0.05) is 48.9 Å². The monoisotopic (exact) mass is 226 g/mol. The second-order valence-corrected chi connectivity index (χ2v) is 5.48. The molecule has 1 heteroatoms. The van der Waals surface area contributed by atoms with Gasteiger partial charge < -0.3 is 5.11 Å². The van der Waals surface area contributed by atoms with E-state index < -0.39 is 0 Å². The number of aliphatic hydroxyl groups excluding tert-OH is 1. The van der Waals surface area contributed by atoms with Gasteiger partial charge in [-0.05, 0) is 35.6 Å². The zero-order valence-electron chi connectivity index (χ0n) is 10.4. The van der Waals surface area contributed by atoms with Crippen LogP contribution in [-0.2, 0) is 5.41 Å². The van der Waals surface area contributed by atoms with Crippen molar-refractivity contribution in [3.05, 3.63) is 47.5 Å². The van der Waals surface area contributed by atoms with Gasteiger partial charge in [0.05, 0.1) is 6.61 Å². The van der Waals surface area contributed by atoms with Gasteiger partial charge in [0.1, 0.15) is 0 Å². The predicted molar refractivity (Wildman–Crippen MR) is 71.2 cm³/mol. The molecule has 3 rings (SSSR count). The zero-order valence-corrected chi connectivity index (χ0v) is 10.4. The molecule has 0 amide bonds. The Morgan fingerprint density at radius 1 is 1.18 bits per heavy atom. The van der Waals surface area contributed by atoms with E-state index >= 15 is 0 Å². The van der Waals surface area contributed by atoms with Crippen molar-refractivity contribution in [2.75, 3.05) is 6.61 Å². The summed E-state index contributed by atoms with van der Waals surface area (Å²) in [6.07, 6.45) is 1.11. The fourth-order valence-corrected chi connectivity index (χ4v) is 2.88. The molecule has 1 aliphatic carbocycles. The van der Waals surface area contributed by atoms with Crippen LogP contribution < -0.4 is 0 Å². The normalized spacial score (nSPS) is 27.4. The number of aliphatic hydroxyl groups is 1. The molecule has 0 bridgehead atoms. The first-order valence-electron chi connectivity index (χ1n) is 6.27. The summed E-state index contributed by atoms with van der Waals surface area (Å²) in [5.41, 5.74) is 2.63. The fourth-order valence-electron chi connectivity index (χ4n) is 2.88. The van der Waals surface area contributed by atoms with Crippen molar-refractivity contribution in [1.29, 1.82) is 0 Å². The van der Waals surface area contributed by atoms with E-state index in [-0.39, 0.29) is 12.0 Å². The zero-order chi connectivity index (χ0) is 12.0. The average molecular weight is 226 g/mol. The Labute approximate surface area is 102 Å². The Morgan fingerprint density at radius 2 is 1.82 bits per heavy atom. The Bertz CT molecular complexity index is 569. The lowest BCUT2D eigenvalue weighted by Gasteiger charge is -2.14. The Kier molecular flexibility index (Phi) is 2.27. The van der Waals surface area contributed by atoms with E-state index in [2.05, 4.69) is 50.2 Å². The molecule has 0 aliphatic heterocycles. The number of rotatable bonds is 2. The second-order valence-electron chi connectivity index (χ2n) is 5.48. The maximum atomic E-state index is 9.60. The highest BCUT2D eigenvalue weighted by atomic mass is 16.3. The van der Waals surface area contributed by atoms with Gasteiger partial charge in [-0.25, -0.2) is 0 Å². The molecule has 1 nitrogen and oxygen atoms in total. The third kappa shape index (κ3) is 1.57. The number of aryl methyl sites for hydroxylation is 1. The number of fused-ring (bicyclic) bond motifs is 1. The molecule has 1 fully saturated rings. The minimum absolute atomic E-state index is 0.0408. The number of hydrogen-bond donors (Lipinski definition) is 1. The van der Waals surface area contributed by atoms with Gasteiger partial charge >= 0.3 is 0 Å².